The summed E-state index contributed by atoms with van der Waals surface area (Å²) < 4.78 is 0. The molecule has 29 heavy (non-hydrogen) atoms. The van der Waals surface area contributed by atoms with Gasteiger partial charge in [-0.25, -0.2) is 4.98 Å². The molecule has 1 aromatic rings. The number of quaternary nitrogens is 1. The summed E-state index contributed by atoms with van der Waals surface area (Å²) in [5.41, 5.74) is 5.40. The Bertz CT molecular complexity index is 1040. The van der Waals surface area contributed by atoms with E-state index in [4.69, 9.17) is 9.98 Å². The van der Waals surface area contributed by atoms with Crippen molar-refractivity contribution in [2.45, 2.75) is 44.4 Å². The number of rotatable bonds is 4. The largest absolute Gasteiger partial charge is 0.262 e. The second-order valence-corrected chi connectivity index (χ2v) is 7.63. The van der Waals surface area contributed by atoms with E-state index in [1.54, 1.807) is 0 Å². The summed E-state index contributed by atoms with van der Waals surface area (Å²) in [5.74, 6) is 3.67. The fraction of sp³-hybridized carbons (Fsp3) is 0.304. The molecule has 0 saturated carbocycles. The van der Waals surface area contributed by atoms with Crippen LogP contribution in [-0.4, -0.2) is 26.9 Å². The number of amidine groups is 2. The zero-order valence-electron chi connectivity index (χ0n) is 16.4. The molecule has 6 heteroatoms. The molecule has 3 N–H and O–H groups in total. The lowest BCUT2D eigenvalue weighted by Gasteiger charge is -2.14. The molecule has 4 aliphatic rings. The molecule has 0 fully saturated rings. The van der Waals surface area contributed by atoms with E-state index in [2.05, 4.69) is 70.0 Å². The number of H-pyrrole nitrogens is 1. The SMILES string of the molecule is C1=CC(c2nc(C3=CCCC=CC3)n[nH]2)CC(C2=NC(C3=CCCC=C3)=N[NH2+]2)=C1. The van der Waals surface area contributed by atoms with E-state index in [0.29, 0.717) is 0 Å². The summed E-state index contributed by atoms with van der Waals surface area (Å²) in [6, 6.07) is 0. The van der Waals surface area contributed by atoms with E-state index in [9.17, 15) is 0 Å². The number of nitrogens with zero attached hydrogens (tertiary/aromatic N) is 4. The Morgan fingerprint density at radius 1 is 1.00 bits per heavy atom. The lowest BCUT2D eigenvalue weighted by molar-refractivity contribution is -0.540. The van der Waals surface area contributed by atoms with Gasteiger partial charge in [-0.1, -0.05) is 59.8 Å². The van der Waals surface area contributed by atoms with Crippen molar-refractivity contribution in [3.05, 3.63) is 77.5 Å². The third-order valence-corrected chi connectivity index (χ3v) is 5.57. The first kappa shape index (κ1) is 17.9. The maximum Gasteiger partial charge on any atom is 0.256 e. The van der Waals surface area contributed by atoms with Crippen molar-refractivity contribution in [3.63, 3.8) is 0 Å². The molecule has 0 saturated heterocycles. The van der Waals surface area contributed by atoms with Crippen LogP contribution < -0.4 is 5.43 Å². The minimum absolute atomic E-state index is 0.173. The number of aliphatic imine (C=N–C) groups is 1. The van der Waals surface area contributed by atoms with Crippen molar-refractivity contribution >= 4 is 17.2 Å². The van der Waals surface area contributed by atoms with Gasteiger partial charge in [0, 0.05) is 17.1 Å². The van der Waals surface area contributed by atoms with Crippen LogP contribution in [0, 0.1) is 0 Å². The normalized spacial score (nSPS) is 23.9. The Hall–Kier alpha value is -3.12. The lowest BCUT2D eigenvalue weighted by atomic mass is 9.93. The number of aromatic amines is 1. The van der Waals surface area contributed by atoms with Gasteiger partial charge in [-0.05, 0) is 44.1 Å². The summed E-state index contributed by atoms with van der Waals surface area (Å²) in [6.07, 6.45) is 25.7. The van der Waals surface area contributed by atoms with Crippen LogP contribution in [-0.2, 0) is 0 Å². The smallest absolute Gasteiger partial charge is 0.256 e. The fourth-order valence-electron chi connectivity index (χ4n) is 3.96. The van der Waals surface area contributed by atoms with Crippen LogP contribution in [0.4, 0.5) is 0 Å². The van der Waals surface area contributed by atoms with Gasteiger partial charge in [0.2, 0.25) is 5.84 Å². The highest BCUT2D eigenvalue weighted by atomic mass is 15.4. The number of allylic oxidation sites excluding steroid dienone is 9. The molecule has 2 heterocycles. The quantitative estimate of drug-likeness (QED) is 0.615. The molecule has 0 bridgehead atoms. The van der Waals surface area contributed by atoms with Crippen molar-refractivity contribution in [1.29, 1.82) is 0 Å². The highest BCUT2D eigenvalue weighted by Gasteiger charge is 2.26. The van der Waals surface area contributed by atoms with Crippen molar-refractivity contribution in [1.82, 2.24) is 15.2 Å². The number of nitrogens with two attached hydrogens (primary N) is 1. The predicted molar refractivity (Wildman–Crippen MR) is 115 cm³/mol. The molecule has 5 rings (SSSR count). The molecule has 1 aromatic heterocycles. The van der Waals surface area contributed by atoms with Gasteiger partial charge in [-0.15, -0.1) is 0 Å². The van der Waals surface area contributed by atoms with Crippen LogP contribution in [0.5, 0.6) is 0 Å². The zero-order chi connectivity index (χ0) is 19.5. The number of aromatic nitrogens is 3. The van der Waals surface area contributed by atoms with Gasteiger partial charge < -0.3 is 0 Å². The second kappa shape index (κ2) is 8.09. The van der Waals surface area contributed by atoms with Crippen molar-refractivity contribution in [3.8, 4) is 0 Å². The van der Waals surface area contributed by atoms with Crippen molar-refractivity contribution in [2.24, 2.45) is 10.1 Å². The Balaban J connectivity index is 1.29. The molecule has 146 valence electrons. The minimum atomic E-state index is 0.173. The lowest BCUT2D eigenvalue weighted by Crippen LogP contribution is -2.81. The van der Waals surface area contributed by atoms with Crippen LogP contribution >= 0.6 is 0 Å². The molecule has 3 aliphatic carbocycles. The summed E-state index contributed by atoms with van der Waals surface area (Å²) in [6.45, 7) is 0. The van der Waals surface area contributed by atoms with E-state index >= 15 is 0 Å². The van der Waals surface area contributed by atoms with Crippen LogP contribution in [0.15, 0.2) is 75.9 Å². The molecular weight excluding hydrogens is 360 g/mol. The van der Waals surface area contributed by atoms with E-state index in [1.165, 1.54) is 11.1 Å². The standard InChI is InChI=1S/C23H24N6/c1-2-5-10-16(9-4-1)20-24-22(28-26-20)18-13-8-14-19(15-18)23-25-21(27-29-23)17-11-6-3-7-12-17/h1,4,6,8,10-14,18H,2-3,5,7,9,15H2,(H,24,26,28)(H,25,27,29)/p+1. The van der Waals surface area contributed by atoms with Crippen LogP contribution in [0.2, 0.25) is 0 Å². The van der Waals surface area contributed by atoms with Gasteiger partial charge in [0.25, 0.3) is 5.84 Å². The third kappa shape index (κ3) is 3.89. The zero-order valence-corrected chi connectivity index (χ0v) is 16.4. The molecule has 0 radical (unpaired) electrons. The molecule has 0 spiro atoms. The van der Waals surface area contributed by atoms with Gasteiger partial charge in [0.05, 0.1) is 0 Å². The highest BCUT2D eigenvalue weighted by Crippen LogP contribution is 2.28. The second-order valence-electron chi connectivity index (χ2n) is 7.63. The Morgan fingerprint density at radius 2 is 1.93 bits per heavy atom. The summed E-state index contributed by atoms with van der Waals surface area (Å²) >= 11 is 0. The maximum absolute atomic E-state index is 4.80. The monoisotopic (exact) mass is 385 g/mol. The summed E-state index contributed by atoms with van der Waals surface area (Å²) in [7, 11) is 0. The van der Waals surface area contributed by atoms with E-state index < -0.39 is 0 Å². The molecule has 0 amide bonds. The molecule has 6 nitrogen and oxygen atoms in total. The predicted octanol–water partition coefficient (Wildman–Crippen LogP) is 3.46. The Kier molecular flexibility index (Phi) is 5.01. The number of nitrogens with one attached hydrogen (secondary N) is 1. The maximum atomic E-state index is 4.80. The topological polar surface area (TPSA) is 82.9 Å². The van der Waals surface area contributed by atoms with E-state index in [-0.39, 0.29) is 5.92 Å². The van der Waals surface area contributed by atoms with Crippen LogP contribution in [0.25, 0.3) is 5.57 Å². The van der Waals surface area contributed by atoms with Crippen LogP contribution in [0.1, 0.15) is 56.1 Å². The van der Waals surface area contributed by atoms with Crippen molar-refractivity contribution < 1.29 is 5.43 Å². The molecule has 1 atom stereocenters. The third-order valence-electron chi connectivity index (χ3n) is 5.57. The van der Waals surface area contributed by atoms with Crippen LogP contribution in [0.3, 0.4) is 0 Å². The first-order valence-electron chi connectivity index (χ1n) is 10.4. The summed E-state index contributed by atoms with van der Waals surface area (Å²) in [5, 5.41) is 12.2. The molecule has 1 unspecified atom stereocenters. The van der Waals surface area contributed by atoms with Gasteiger partial charge in [0.15, 0.2) is 5.82 Å². The highest BCUT2D eigenvalue weighted by molar-refractivity contribution is 6.11. The first-order valence-corrected chi connectivity index (χ1v) is 10.4. The van der Waals surface area contributed by atoms with E-state index in [1.807, 2.05) is 5.43 Å². The van der Waals surface area contributed by atoms with Gasteiger partial charge >= 0.3 is 0 Å². The number of hydrogen-bond acceptors (Lipinski definition) is 4. The first-order chi connectivity index (χ1) is 14.4. The van der Waals surface area contributed by atoms with Gasteiger partial charge in [-0.2, -0.15) is 15.5 Å². The van der Waals surface area contributed by atoms with Crippen molar-refractivity contribution in [2.75, 3.05) is 0 Å². The van der Waals surface area contributed by atoms with E-state index in [0.717, 1.165) is 67.4 Å². The number of hydrogen-bond donors (Lipinski definition) is 2. The molecular formula is C23H25N6+. The molecule has 0 aromatic carbocycles. The molecule has 1 aliphatic heterocycles. The average molecular weight is 385 g/mol. The van der Waals surface area contributed by atoms with Gasteiger partial charge in [0.1, 0.15) is 5.82 Å². The fourth-order valence-corrected chi connectivity index (χ4v) is 3.96. The average Bonchev–Trinajstić information content (AvgIpc) is 3.39. The Labute approximate surface area is 170 Å². The minimum Gasteiger partial charge on any atom is -0.262 e. The van der Waals surface area contributed by atoms with Gasteiger partial charge in [-0.3, -0.25) is 5.10 Å². The Morgan fingerprint density at radius 3 is 2.86 bits per heavy atom. The summed E-state index contributed by atoms with van der Waals surface area (Å²) in [4.78, 5) is 9.58.